The molecule has 2 fully saturated rings. The molecule has 0 spiro atoms. The molecule has 4 nitrogen and oxygen atoms in total. The van der Waals surface area contributed by atoms with Gasteiger partial charge in [-0.15, -0.1) is 11.3 Å². The van der Waals surface area contributed by atoms with Crippen LogP contribution in [-0.2, 0) is 9.47 Å². The van der Waals surface area contributed by atoms with E-state index >= 15 is 0 Å². The van der Waals surface area contributed by atoms with Crippen molar-refractivity contribution in [1.82, 2.24) is 4.90 Å². The maximum absolute atomic E-state index is 13.4. The van der Waals surface area contributed by atoms with E-state index in [1.807, 2.05) is 4.90 Å². The first-order valence-electron chi connectivity index (χ1n) is 8.07. The van der Waals surface area contributed by atoms with Crippen molar-refractivity contribution in [3.63, 3.8) is 0 Å². The molecule has 24 heavy (non-hydrogen) atoms. The van der Waals surface area contributed by atoms with Gasteiger partial charge in [0.05, 0.1) is 24.3 Å². The van der Waals surface area contributed by atoms with Gasteiger partial charge in [0.15, 0.2) is 6.29 Å². The molecule has 1 atom stereocenters. The molecule has 0 N–H and O–H groups in total. The average molecular weight is 370 g/mol. The van der Waals surface area contributed by atoms with Crippen molar-refractivity contribution in [2.75, 3.05) is 19.8 Å². The summed E-state index contributed by atoms with van der Waals surface area (Å²) in [7, 11) is 0. The van der Waals surface area contributed by atoms with Gasteiger partial charge in [-0.2, -0.15) is 0 Å². The fraction of sp³-hybridized carbons (Fsp3) is 0.471. The molecule has 7 heteroatoms. The van der Waals surface area contributed by atoms with E-state index in [1.165, 1.54) is 23.5 Å². The lowest BCUT2D eigenvalue weighted by Crippen LogP contribution is -2.50. The second-order valence-corrected chi connectivity index (χ2v) is 7.49. The summed E-state index contributed by atoms with van der Waals surface area (Å²) < 4.78 is 25.4. The van der Waals surface area contributed by atoms with E-state index in [0.29, 0.717) is 39.7 Å². The number of thiophene rings is 1. The zero-order chi connectivity index (χ0) is 16.7. The topological polar surface area (TPSA) is 38.8 Å². The van der Waals surface area contributed by atoms with Gasteiger partial charge in [-0.3, -0.25) is 4.79 Å². The van der Waals surface area contributed by atoms with Gasteiger partial charge in [0.25, 0.3) is 5.91 Å². The number of ether oxygens (including phenoxy) is 2. The van der Waals surface area contributed by atoms with Crippen molar-refractivity contribution in [1.29, 1.82) is 0 Å². The van der Waals surface area contributed by atoms with Gasteiger partial charge >= 0.3 is 0 Å². The van der Waals surface area contributed by atoms with Crippen LogP contribution in [0.5, 0.6) is 0 Å². The summed E-state index contributed by atoms with van der Waals surface area (Å²) in [4.78, 5) is 15.4. The molecule has 0 aliphatic carbocycles. The number of fused-ring (bicyclic) bond motifs is 1. The van der Waals surface area contributed by atoms with Crippen LogP contribution in [0.25, 0.3) is 10.1 Å². The summed E-state index contributed by atoms with van der Waals surface area (Å²) in [5.41, 5.74) is 0. The summed E-state index contributed by atoms with van der Waals surface area (Å²) in [6, 6.07) is 4.31. The second-order valence-electron chi connectivity index (χ2n) is 6.06. The Morgan fingerprint density at radius 1 is 1.29 bits per heavy atom. The normalized spacial score (nSPS) is 22.4. The molecule has 0 saturated carbocycles. The van der Waals surface area contributed by atoms with Gasteiger partial charge in [0.1, 0.15) is 10.7 Å². The molecule has 1 aromatic heterocycles. The number of amides is 1. The Kier molecular flexibility index (Phi) is 4.47. The van der Waals surface area contributed by atoms with Gasteiger partial charge in [-0.05, 0) is 37.5 Å². The Morgan fingerprint density at radius 3 is 2.88 bits per heavy atom. The number of benzene rings is 1. The molecular weight excluding hydrogens is 353 g/mol. The third kappa shape index (κ3) is 2.81. The first-order chi connectivity index (χ1) is 11.6. The number of piperidine rings is 1. The smallest absolute Gasteiger partial charge is 0.265 e. The molecule has 1 unspecified atom stereocenters. The lowest BCUT2D eigenvalue weighted by molar-refractivity contribution is -0.100. The lowest BCUT2D eigenvalue weighted by atomic mass is 10.0. The number of rotatable bonds is 2. The van der Waals surface area contributed by atoms with Crippen LogP contribution in [0.2, 0.25) is 5.02 Å². The Bertz CT molecular complexity index is 775. The van der Waals surface area contributed by atoms with E-state index in [0.717, 1.165) is 19.3 Å². The number of halogens is 2. The Balaban J connectivity index is 1.67. The van der Waals surface area contributed by atoms with Gasteiger partial charge in [-0.25, -0.2) is 4.39 Å². The third-order valence-electron chi connectivity index (χ3n) is 4.56. The highest BCUT2D eigenvalue weighted by Gasteiger charge is 2.37. The third-order valence-corrected chi connectivity index (χ3v) is 6.20. The standard InChI is InChI=1S/C17H17ClFNO3S/c18-14-11-5-4-10(19)9-13(11)24-15(14)16(21)20-6-2-1-3-12(20)17-22-7-8-23-17/h4-5,9,12,17H,1-3,6-8H2. The number of carbonyl (C=O) groups excluding carboxylic acids is 1. The zero-order valence-electron chi connectivity index (χ0n) is 13.0. The first-order valence-corrected chi connectivity index (χ1v) is 9.26. The number of carbonyl (C=O) groups is 1. The van der Waals surface area contributed by atoms with Crippen LogP contribution in [0.1, 0.15) is 28.9 Å². The molecular formula is C17H17ClFNO3S. The monoisotopic (exact) mass is 369 g/mol. The highest BCUT2D eigenvalue weighted by molar-refractivity contribution is 7.21. The average Bonchev–Trinajstić information content (AvgIpc) is 3.23. The van der Waals surface area contributed by atoms with E-state index in [4.69, 9.17) is 21.1 Å². The number of likely N-dealkylation sites (tertiary alicyclic amines) is 1. The van der Waals surface area contributed by atoms with Crippen LogP contribution >= 0.6 is 22.9 Å². The van der Waals surface area contributed by atoms with Gasteiger partial charge in [0, 0.05) is 16.6 Å². The van der Waals surface area contributed by atoms with Gasteiger partial charge in [-0.1, -0.05) is 11.6 Å². The summed E-state index contributed by atoms with van der Waals surface area (Å²) >= 11 is 7.65. The first kappa shape index (κ1) is 16.3. The number of hydrogen-bond acceptors (Lipinski definition) is 4. The number of nitrogens with zero attached hydrogens (tertiary/aromatic N) is 1. The summed E-state index contributed by atoms with van der Waals surface area (Å²) in [5.74, 6) is -0.451. The van der Waals surface area contributed by atoms with Gasteiger partial charge < -0.3 is 14.4 Å². The molecule has 0 bridgehead atoms. The van der Waals surface area contributed by atoms with Crippen molar-refractivity contribution in [3.05, 3.63) is 33.9 Å². The summed E-state index contributed by atoms with van der Waals surface area (Å²) in [5, 5.41) is 1.12. The van der Waals surface area contributed by atoms with Crippen LogP contribution in [-0.4, -0.2) is 42.9 Å². The Morgan fingerprint density at radius 2 is 2.08 bits per heavy atom. The minimum absolute atomic E-state index is 0.0910. The summed E-state index contributed by atoms with van der Waals surface area (Å²) in [6.07, 6.45) is 2.49. The second kappa shape index (κ2) is 6.59. The van der Waals surface area contributed by atoms with Crippen molar-refractivity contribution in [2.45, 2.75) is 31.6 Å². The molecule has 2 saturated heterocycles. The van der Waals surface area contributed by atoms with Crippen LogP contribution in [0.15, 0.2) is 18.2 Å². The number of hydrogen-bond donors (Lipinski definition) is 0. The molecule has 1 amide bonds. The molecule has 4 rings (SSSR count). The highest BCUT2D eigenvalue weighted by atomic mass is 35.5. The molecule has 2 aliphatic rings. The van der Waals surface area contributed by atoms with Crippen LogP contribution in [0.4, 0.5) is 4.39 Å². The quantitative estimate of drug-likeness (QED) is 0.801. The van der Waals surface area contributed by atoms with E-state index in [2.05, 4.69) is 0 Å². The molecule has 2 aliphatic heterocycles. The van der Waals surface area contributed by atoms with E-state index in [9.17, 15) is 9.18 Å². The van der Waals surface area contributed by atoms with Crippen molar-refractivity contribution in [3.8, 4) is 0 Å². The van der Waals surface area contributed by atoms with E-state index < -0.39 is 0 Å². The van der Waals surface area contributed by atoms with Gasteiger partial charge in [0.2, 0.25) is 0 Å². The fourth-order valence-corrected chi connectivity index (χ4v) is 4.89. The minimum Gasteiger partial charge on any atom is -0.348 e. The predicted octanol–water partition coefficient (Wildman–Crippen LogP) is 4.06. The van der Waals surface area contributed by atoms with Crippen molar-refractivity contribution >= 4 is 38.9 Å². The predicted molar refractivity (Wildman–Crippen MR) is 91.2 cm³/mol. The van der Waals surface area contributed by atoms with E-state index in [1.54, 1.807) is 6.07 Å². The van der Waals surface area contributed by atoms with Crippen molar-refractivity contribution in [2.24, 2.45) is 0 Å². The summed E-state index contributed by atoms with van der Waals surface area (Å²) in [6.45, 7) is 1.78. The SMILES string of the molecule is O=C(c1sc2cc(F)ccc2c1Cl)N1CCCCC1C1OCCO1. The minimum atomic E-state index is -0.361. The molecule has 3 heterocycles. The Labute approximate surface area is 148 Å². The maximum Gasteiger partial charge on any atom is 0.265 e. The highest BCUT2D eigenvalue weighted by Crippen LogP contribution is 2.38. The van der Waals surface area contributed by atoms with Crippen LogP contribution in [0, 0.1) is 5.82 Å². The zero-order valence-corrected chi connectivity index (χ0v) is 14.5. The molecule has 128 valence electrons. The Hall–Kier alpha value is -1.21. The lowest BCUT2D eigenvalue weighted by Gasteiger charge is -2.37. The molecule has 1 aromatic carbocycles. The van der Waals surface area contributed by atoms with Crippen LogP contribution < -0.4 is 0 Å². The fourth-order valence-electron chi connectivity index (χ4n) is 3.40. The molecule has 0 radical (unpaired) electrons. The van der Waals surface area contributed by atoms with Crippen LogP contribution in [0.3, 0.4) is 0 Å². The largest absolute Gasteiger partial charge is 0.348 e. The van der Waals surface area contributed by atoms with E-state index in [-0.39, 0.29) is 24.1 Å². The maximum atomic E-state index is 13.4. The molecule has 2 aromatic rings. The van der Waals surface area contributed by atoms with Crippen molar-refractivity contribution < 1.29 is 18.7 Å².